The van der Waals surface area contributed by atoms with Crippen LogP contribution in [0, 0.1) is 11.3 Å². The first-order valence-corrected chi connectivity index (χ1v) is 15.5. The minimum Gasteiger partial charge on any atom is -0.392 e. The van der Waals surface area contributed by atoms with E-state index in [9.17, 15) is 9.90 Å². The number of hydrogen-bond donors (Lipinski definition) is 2. The van der Waals surface area contributed by atoms with Crippen LogP contribution in [0.2, 0.25) is 0 Å². The number of aromatic nitrogens is 4. The lowest BCUT2D eigenvalue weighted by molar-refractivity contribution is 0.155. The number of nitrogens with one attached hydrogen (secondary N) is 1. The molecule has 3 fully saturated rings. The number of aryl methyl sites for hydroxylation is 1. The second-order valence-electron chi connectivity index (χ2n) is 13.8. The fourth-order valence-electron chi connectivity index (χ4n) is 8.29. The minimum absolute atomic E-state index is 0.117. The van der Waals surface area contributed by atoms with Gasteiger partial charge in [-0.15, -0.1) is 0 Å². The fourth-order valence-corrected chi connectivity index (χ4v) is 8.29. The van der Waals surface area contributed by atoms with Gasteiger partial charge in [-0.2, -0.15) is 5.10 Å². The molecule has 3 aromatic heterocycles. The largest absolute Gasteiger partial charge is 0.392 e. The monoisotopic (exact) mass is 572 g/mol. The number of hydrogen-bond acceptors (Lipinski definition) is 8. The second-order valence-corrected chi connectivity index (χ2v) is 13.8. The van der Waals surface area contributed by atoms with Gasteiger partial charge in [0.2, 0.25) is 0 Å². The van der Waals surface area contributed by atoms with E-state index in [0.717, 1.165) is 66.8 Å². The number of piperazine rings is 1. The van der Waals surface area contributed by atoms with Crippen LogP contribution in [-0.2, 0) is 20.2 Å². The summed E-state index contributed by atoms with van der Waals surface area (Å²) in [4.78, 5) is 25.4. The highest BCUT2D eigenvalue weighted by atomic mass is 16.3. The van der Waals surface area contributed by atoms with Crippen molar-refractivity contribution in [1.82, 2.24) is 29.1 Å². The summed E-state index contributed by atoms with van der Waals surface area (Å²) in [6, 6.07) is 7.38. The Balaban J connectivity index is 1.16. The van der Waals surface area contributed by atoms with E-state index in [-0.39, 0.29) is 18.2 Å². The van der Waals surface area contributed by atoms with Gasteiger partial charge in [-0.1, -0.05) is 13.8 Å². The molecule has 42 heavy (non-hydrogen) atoms. The van der Waals surface area contributed by atoms with Gasteiger partial charge < -0.3 is 19.9 Å². The van der Waals surface area contributed by atoms with Crippen molar-refractivity contribution in [2.75, 3.05) is 43.4 Å². The molecule has 2 N–H and O–H groups in total. The van der Waals surface area contributed by atoms with Crippen molar-refractivity contribution in [2.24, 2.45) is 18.4 Å². The number of anilines is 3. The standard InChI is InChI=1S/C32H44N8O2/c1-20-27-14-29(35-40(27)11-8-36(20)4)34-26-13-22(17-37(5)31(26)42)24-6-7-33-30(25(24)19-41)38-9-10-39-23(18-38)12-21-15-32(2,3)16-28(21)39/h6-7,13-14,17,20-21,23,28,41H,8-12,15-16,18-19H2,1-5H3,(H,34,35). The Bertz CT molecular complexity index is 1560. The Labute approximate surface area is 247 Å². The van der Waals surface area contributed by atoms with Crippen molar-refractivity contribution in [3.63, 3.8) is 0 Å². The van der Waals surface area contributed by atoms with Gasteiger partial charge in [-0.05, 0) is 62.3 Å². The van der Waals surface area contributed by atoms with E-state index in [2.05, 4.69) is 47.8 Å². The van der Waals surface area contributed by atoms with Gasteiger partial charge in [0, 0.05) is 80.9 Å². The Hall–Kier alpha value is -3.21. The van der Waals surface area contributed by atoms with Crippen molar-refractivity contribution in [3.05, 3.63) is 52.2 Å². The van der Waals surface area contributed by atoms with Crippen LogP contribution in [0.4, 0.5) is 17.3 Å². The van der Waals surface area contributed by atoms with E-state index in [1.807, 2.05) is 35.3 Å². The van der Waals surface area contributed by atoms with Gasteiger partial charge >= 0.3 is 0 Å². The summed E-state index contributed by atoms with van der Waals surface area (Å²) in [5, 5.41) is 18.7. The Morgan fingerprint density at radius 3 is 2.76 bits per heavy atom. The Morgan fingerprint density at radius 1 is 1.12 bits per heavy atom. The number of aliphatic hydroxyl groups is 1. The summed E-state index contributed by atoms with van der Waals surface area (Å²) in [6.07, 6.45) is 7.55. The lowest BCUT2D eigenvalue weighted by Gasteiger charge is -2.41. The summed E-state index contributed by atoms with van der Waals surface area (Å²) in [6.45, 7) is 11.5. The first kappa shape index (κ1) is 27.6. The van der Waals surface area contributed by atoms with E-state index in [1.54, 1.807) is 11.6 Å². The molecule has 2 saturated heterocycles. The summed E-state index contributed by atoms with van der Waals surface area (Å²) < 4.78 is 3.63. The third-order valence-electron chi connectivity index (χ3n) is 10.5. The van der Waals surface area contributed by atoms with Gasteiger partial charge in [0.25, 0.3) is 5.56 Å². The van der Waals surface area contributed by atoms with Crippen LogP contribution in [0.15, 0.2) is 35.4 Å². The number of pyridine rings is 2. The minimum atomic E-state index is -0.124. The molecule has 0 bridgehead atoms. The van der Waals surface area contributed by atoms with Crippen molar-refractivity contribution < 1.29 is 5.11 Å². The number of likely N-dealkylation sites (N-methyl/N-ethyl adjacent to an activating group) is 1. The third-order valence-corrected chi connectivity index (χ3v) is 10.5. The van der Waals surface area contributed by atoms with Crippen molar-refractivity contribution >= 4 is 17.3 Å². The molecule has 10 nitrogen and oxygen atoms in total. The highest BCUT2D eigenvalue weighted by Crippen LogP contribution is 2.50. The van der Waals surface area contributed by atoms with Crippen molar-refractivity contribution in [1.29, 1.82) is 0 Å². The highest BCUT2D eigenvalue weighted by Gasteiger charge is 2.50. The zero-order valence-corrected chi connectivity index (χ0v) is 25.5. The zero-order valence-electron chi connectivity index (χ0n) is 25.5. The maximum atomic E-state index is 13.2. The Kier molecular flexibility index (Phi) is 6.71. The first-order chi connectivity index (χ1) is 20.1. The van der Waals surface area contributed by atoms with E-state index in [0.29, 0.717) is 29.0 Å². The molecule has 4 atom stereocenters. The normalized spacial score (nSPS) is 27.1. The molecule has 7 rings (SSSR count). The molecule has 6 heterocycles. The van der Waals surface area contributed by atoms with Crippen LogP contribution in [0.1, 0.15) is 57.3 Å². The molecule has 0 radical (unpaired) electrons. The third kappa shape index (κ3) is 4.64. The molecular formula is C32H44N8O2. The van der Waals surface area contributed by atoms with E-state index >= 15 is 0 Å². The van der Waals surface area contributed by atoms with Gasteiger partial charge in [0.05, 0.1) is 18.8 Å². The van der Waals surface area contributed by atoms with E-state index in [1.165, 1.54) is 19.3 Å². The van der Waals surface area contributed by atoms with Crippen molar-refractivity contribution in [3.8, 4) is 11.1 Å². The molecule has 4 aliphatic rings. The highest BCUT2D eigenvalue weighted by molar-refractivity contribution is 5.75. The summed E-state index contributed by atoms with van der Waals surface area (Å²) in [7, 11) is 3.89. The molecule has 10 heteroatoms. The molecule has 0 spiro atoms. The molecule has 0 amide bonds. The van der Waals surface area contributed by atoms with Crippen LogP contribution in [0.3, 0.4) is 0 Å². The van der Waals surface area contributed by atoms with Crippen LogP contribution in [0.5, 0.6) is 0 Å². The number of nitrogens with zero attached hydrogens (tertiary/aromatic N) is 7. The molecular weight excluding hydrogens is 528 g/mol. The smallest absolute Gasteiger partial charge is 0.274 e. The summed E-state index contributed by atoms with van der Waals surface area (Å²) >= 11 is 0. The predicted octanol–water partition coefficient (Wildman–Crippen LogP) is 3.59. The number of rotatable bonds is 5. The van der Waals surface area contributed by atoms with E-state index < -0.39 is 0 Å². The molecule has 0 aromatic carbocycles. The summed E-state index contributed by atoms with van der Waals surface area (Å²) in [5.41, 5.74) is 4.49. The van der Waals surface area contributed by atoms with Gasteiger partial charge in [-0.3, -0.25) is 19.3 Å². The molecule has 1 saturated carbocycles. The first-order valence-electron chi connectivity index (χ1n) is 15.5. The lowest BCUT2D eigenvalue weighted by Crippen LogP contribution is -2.53. The molecule has 1 aliphatic carbocycles. The van der Waals surface area contributed by atoms with Gasteiger partial charge in [-0.25, -0.2) is 4.98 Å². The quantitative estimate of drug-likeness (QED) is 0.479. The predicted molar refractivity (Wildman–Crippen MR) is 165 cm³/mol. The van der Waals surface area contributed by atoms with E-state index in [4.69, 9.17) is 10.1 Å². The number of fused-ring (bicyclic) bond motifs is 4. The molecule has 4 unspecified atom stereocenters. The van der Waals surface area contributed by atoms with Crippen LogP contribution < -0.4 is 15.8 Å². The Morgan fingerprint density at radius 2 is 1.95 bits per heavy atom. The summed E-state index contributed by atoms with van der Waals surface area (Å²) in [5.74, 6) is 2.32. The van der Waals surface area contributed by atoms with Crippen LogP contribution >= 0.6 is 0 Å². The SMILES string of the molecule is CC1c2cc(Nc3cc(-c4ccnc(N5CCN6C(CC7CC(C)(C)CC76)C5)c4CO)cn(C)c3=O)nn2CCN1C. The second kappa shape index (κ2) is 10.2. The van der Waals surface area contributed by atoms with Gasteiger partial charge in [0.15, 0.2) is 5.82 Å². The van der Waals surface area contributed by atoms with Gasteiger partial charge in [0.1, 0.15) is 11.5 Å². The lowest BCUT2D eigenvalue weighted by atomic mass is 9.88. The molecule has 3 aromatic rings. The molecule has 3 aliphatic heterocycles. The molecule has 224 valence electrons. The average Bonchev–Trinajstić information content (AvgIpc) is 3.61. The maximum absolute atomic E-state index is 13.2. The van der Waals surface area contributed by atoms with Crippen molar-refractivity contribution in [2.45, 2.75) is 71.3 Å². The topological polar surface area (TPSA) is 94.7 Å². The van der Waals surface area contributed by atoms with Crippen LogP contribution in [-0.4, -0.2) is 79.5 Å². The maximum Gasteiger partial charge on any atom is 0.274 e. The number of aliphatic hydroxyl groups excluding tert-OH is 1. The average molecular weight is 573 g/mol. The zero-order chi connectivity index (χ0) is 29.3. The van der Waals surface area contributed by atoms with Crippen LogP contribution in [0.25, 0.3) is 11.1 Å². The fraction of sp³-hybridized carbons (Fsp3) is 0.594.